The highest BCUT2D eigenvalue weighted by atomic mass is 35.5. The number of nitrogens with one attached hydrogen (secondary N) is 2. The third-order valence-electron chi connectivity index (χ3n) is 3.67. The molecular weight excluding hydrogens is 318 g/mol. The number of anilines is 1. The summed E-state index contributed by atoms with van der Waals surface area (Å²) in [6.45, 7) is 2.07. The molecule has 0 aromatic heterocycles. The minimum absolute atomic E-state index is 0. The average molecular weight is 342 g/mol. The van der Waals surface area contributed by atoms with Crippen molar-refractivity contribution in [2.24, 2.45) is 11.7 Å². The second kappa shape index (κ2) is 8.86. The third kappa shape index (κ3) is 5.82. The standard InChI is InChI=1S/C16H23N3O3.ClH/c1-10(18-16(21)14(17)9-22-2)11-5-7-13(8-6-11)19-15(20)12-3-4-12;/h5-8,10,12,14H,3-4,9,17H2,1-2H3,(H,18,21)(H,19,20);1H. The number of halogens is 1. The molecule has 2 atom stereocenters. The summed E-state index contributed by atoms with van der Waals surface area (Å²) in [5, 5.41) is 5.72. The Balaban J connectivity index is 0.00000264. The molecule has 23 heavy (non-hydrogen) atoms. The van der Waals surface area contributed by atoms with Crippen LogP contribution in [0.5, 0.6) is 0 Å². The molecule has 1 aliphatic carbocycles. The van der Waals surface area contributed by atoms with Crippen molar-refractivity contribution in [1.29, 1.82) is 0 Å². The highest BCUT2D eigenvalue weighted by molar-refractivity contribution is 5.94. The van der Waals surface area contributed by atoms with Crippen LogP contribution in [0.2, 0.25) is 0 Å². The van der Waals surface area contributed by atoms with Crippen LogP contribution in [0.15, 0.2) is 24.3 Å². The number of methoxy groups -OCH3 is 1. The van der Waals surface area contributed by atoms with Crippen molar-refractivity contribution in [3.8, 4) is 0 Å². The van der Waals surface area contributed by atoms with Crippen molar-refractivity contribution in [2.75, 3.05) is 19.0 Å². The Morgan fingerprint density at radius 2 is 1.91 bits per heavy atom. The monoisotopic (exact) mass is 341 g/mol. The third-order valence-corrected chi connectivity index (χ3v) is 3.67. The highest BCUT2D eigenvalue weighted by Gasteiger charge is 2.29. The quantitative estimate of drug-likeness (QED) is 0.702. The molecule has 6 nitrogen and oxygen atoms in total. The van der Waals surface area contributed by atoms with Crippen LogP contribution in [0.25, 0.3) is 0 Å². The maximum atomic E-state index is 11.8. The summed E-state index contributed by atoms with van der Waals surface area (Å²) in [7, 11) is 1.51. The molecule has 1 aromatic rings. The zero-order valence-corrected chi connectivity index (χ0v) is 14.2. The van der Waals surface area contributed by atoms with E-state index < -0.39 is 6.04 Å². The lowest BCUT2D eigenvalue weighted by atomic mass is 10.1. The van der Waals surface area contributed by atoms with Gasteiger partial charge in [-0.15, -0.1) is 12.4 Å². The van der Waals surface area contributed by atoms with E-state index in [9.17, 15) is 9.59 Å². The molecule has 0 saturated heterocycles. The number of amides is 2. The molecule has 1 aromatic carbocycles. The minimum atomic E-state index is -0.676. The molecule has 0 heterocycles. The van der Waals surface area contributed by atoms with Gasteiger partial charge in [-0.2, -0.15) is 0 Å². The number of ether oxygens (including phenoxy) is 1. The Morgan fingerprint density at radius 3 is 2.43 bits per heavy atom. The number of hydrogen-bond donors (Lipinski definition) is 3. The summed E-state index contributed by atoms with van der Waals surface area (Å²) < 4.78 is 4.86. The van der Waals surface area contributed by atoms with Gasteiger partial charge in [0.25, 0.3) is 0 Å². The van der Waals surface area contributed by atoms with Gasteiger partial charge in [0.15, 0.2) is 0 Å². The lowest BCUT2D eigenvalue weighted by molar-refractivity contribution is -0.124. The van der Waals surface area contributed by atoms with E-state index in [1.54, 1.807) is 0 Å². The predicted octanol–water partition coefficient (Wildman–Crippen LogP) is 1.61. The lowest BCUT2D eigenvalue weighted by Crippen LogP contribution is -2.44. The topological polar surface area (TPSA) is 93.4 Å². The Hall–Kier alpha value is -1.63. The zero-order valence-electron chi connectivity index (χ0n) is 13.4. The molecule has 0 radical (unpaired) electrons. The smallest absolute Gasteiger partial charge is 0.239 e. The maximum absolute atomic E-state index is 11.8. The van der Waals surface area contributed by atoms with Crippen molar-refractivity contribution in [3.63, 3.8) is 0 Å². The van der Waals surface area contributed by atoms with Crippen LogP contribution in [0.4, 0.5) is 5.69 Å². The van der Waals surface area contributed by atoms with Crippen LogP contribution in [0.1, 0.15) is 31.4 Å². The normalized spacial score (nSPS) is 16.0. The number of rotatable bonds is 7. The molecule has 7 heteroatoms. The highest BCUT2D eigenvalue weighted by Crippen LogP contribution is 2.30. The fourth-order valence-electron chi connectivity index (χ4n) is 2.10. The van der Waals surface area contributed by atoms with Crippen molar-refractivity contribution >= 4 is 29.9 Å². The number of nitrogens with two attached hydrogens (primary N) is 1. The summed E-state index contributed by atoms with van der Waals surface area (Å²) in [5.74, 6) is 0.0141. The lowest BCUT2D eigenvalue weighted by Gasteiger charge is -2.18. The van der Waals surface area contributed by atoms with Crippen molar-refractivity contribution in [2.45, 2.75) is 31.8 Å². The first-order valence-electron chi connectivity index (χ1n) is 7.47. The Labute approximate surface area is 142 Å². The molecule has 0 aliphatic heterocycles. The van der Waals surface area contributed by atoms with Gasteiger partial charge < -0.3 is 21.1 Å². The van der Waals surface area contributed by atoms with E-state index in [1.807, 2.05) is 31.2 Å². The first kappa shape index (κ1) is 19.4. The molecule has 128 valence electrons. The van der Waals surface area contributed by atoms with E-state index in [0.29, 0.717) is 0 Å². The summed E-state index contributed by atoms with van der Waals surface area (Å²) in [5.41, 5.74) is 7.40. The van der Waals surface area contributed by atoms with Crippen molar-refractivity contribution in [1.82, 2.24) is 5.32 Å². The fourth-order valence-corrected chi connectivity index (χ4v) is 2.10. The van der Waals surface area contributed by atoms with Gasteiger partial charge >= 0.3 is 0 Å². The van der Waals surface area contributed by atoms with Crippen LogP contribution < -0.4 is 16.4 Å². The molecule has 0 bridgehead atoms. The summed E-state index contributed by atoms with van der Waals surface area (Å²) in [6.07, 6.45) is 1.96. The van der Waals surface area contributed by atoms with Gasteiger partial charge in [0.1, 0.15) is 6.04 Å². The second-order valence-electron chi connectivity index (χ2n) is 5.68. The van der Waals surface area contributed by atoms with Crippen molar-refractivity contribution < 1.29 is 14.3 Å². The molecule has 1 saturated carbocycles. The first-order valence-corrected chi connectivity index (χ1v) is 7.47. The average Bonchev–Trinajstić information content (AvgIpc) is 3.32. The SMILES string of the molecule is COCC(N)C(=O)NC(C)c1ccc(NC(=O)C2CC2)cc1.Cl. The van der Waals surface area contributed by atoms with E-state index in [-0.39, 0.29) is 42.8 Å². The first-order chi connectivity index (χ1) is 10.5. The molecule has 2 rings (SSSR count). The number of carbonyl (C=O) groups is 2. The molecule has 2 unspecified atom stereocenters. The summed E-state index contributed by atoms with van der Waals surface area (Å²) in [4.78, 5) is 23.5. The Kier molecular flexibility index (Phi) is 7.48. The molecule has 4 N–H and O–H groups in total. The number of hydrogen-bond acceptors (Lipinski definition) is 4. The second-order valence-corrected chi connectivity index (χ2v) is 5.68. The molecule has 1 aliphatic rings. The molecule has 2 amide bonds. The minimum Gasteiger partial charge on any atom is -0.383 e. The fraction of sp³-hybridized carbons (Fsp3) is 0.500. The van der Waals surface area contributed by atoms with E-state index in [2.05, 4.69) is 10.6 Å². The Bertz CT molecular complexity index is 532. The van der Waals surface area contributed by atoms with Gasteiger partial charge in [0.2, 0.25) is 11.8 Å². The largest absolute Gasteiger partial charge is 0.383 e. The van der Waals surface area contributed by atoms with Gasteiger partial charge in [-0.05, 0) is 37.5 Å². The van der Waals surface area contributed by atoms with E-state index >= 15 is 0 Å². The zero-order chi connectivity index (χ0) is 16.1. The van der Waals surface area contributed by atoms with Crippen LogP contribution in [0, 0.1) is 5.92 Å². The predicted molar refractivity (Wildman–Crippen MR) is 91.5 cm³/mol. The van der Waals surface area contributed by atoms with Gasteiger partial charge in [-0.1, -0.05) is 12.1 Å². The number of carbonyl (C=O) groups excluding carboxylic acids is 2. The van der Waals surface area contributed by atoms with Crippen LogP contribution in [-0.4, -0.2) is 31.6 Å². The van der Waals surface area contributed by atoms with Gasteiger partial charge in [0.05, 0.1) is 12.6 Å². The Morgan fingerprint density at radius 1 is 1.30 bits per heavy atom. The maximum Gasteiger partial charge on any atom is 0.239 e. The van der Waals surface area contributed by atoms with Crippen LogP contribution in [0.3, 0.4) is 0 Å². The summed E-state index contributed by atoms with van der Waals surface area (Å²) >= 11 is 0. The van der Waals surface area contributed by atoms with E-state index in [1.165, 1.54) is 7.11 Å². The van der Waals surface area contributed by atoms with Gasteiger partial charge in [-0.3, -0.25) is 9.59 Å². The van der Waals surface area contributed by atoms with Gasteiger partial charge in [-0.25, -0.2) is 0 Å². The van der Waals surface area contributed by atoms with E-state index in [4.69, 9.17) is 10.5 Å². The van der Waals surface area contributed by atoms with Gasteiger partial charge in [0, 0.05) is 18.7 Å². The van der Waals surface area contributed by atoms with Crippen LogP contribution in [-0.2, 0) is 14.3 Å². The number of benzene rings is 1. The molecule has 0 spiro atoms. The van der Waals surface area contributed by atoms with E-state index in [0.717, 1.165) is 24.1 Å². The van der Waals surface area contributed by atoms with Crippen molar-refractivity contribution in [3.05, 3.63) is 29.8 Å². The molecule has 1 fully saturated rings. The molecular formula is C16H24ClN3O3. The summed E-state index contributed by atoms with van der Waals surface area (Å²) in [6, 6.07) is 6.61. The van der Waals surface area contributed by atoms with Crippen LogP contribution >= 0.6 is 12.4 Å².